The van der Waals surface area contributed by atoms with Gasteiger partial charge in [-0.1, -0.05) is 11.6 Å². The van der Waals surface area contributed by atoms with Crippen LogP contribution >= 0.6 is 11.6 Å². The molecule has 0 atom stereocenters. The molecule has 4 nitrogen and oxygen atoms in total. The fourth-order valence-corrected chi connectivity index (χ4v) is 3.41. The number of amides is 2. The summed E-state index contributed by atoms with van der Waals surface area (Å²) in [7, 11) is 0. The summed E-state index contributed by atoms with van der Waals surface area (Å²) in [6, 6.07) is 5.65. The topological polar surface area (TPSA) is 45.2 Å². The van der Waals surface area contributed by atoms with Crippen molar-refractivity contribution in [3.8, 4) is 0 Å². The second-order valence-corrected chi connectivity index (χ2v) is 7.04. The second kappa shape index (κ2) is 7.99. The first-order chi connectivity index (χ1) is 12.4. The first kappa shape index (κ1) is 18.6. The summed E-state index contributed by atoms with van der Waals surface area (Å²) >= 11 is 5.66. The Morgan fingerprint density at radius 2 is 1.92 bits per heavy atom. The number of aromatic nitrogens is 1. The van der Waals surface area contributed by atoms with Gasteiger partial charge in [0.15, 0.2) is 0 Å². The molecule has 0 spiro atoms. The first-order valence-electron chi connectivity index (χ1n) is 8.54. The number of carbonyl (C=O) groups excluding carboxylic acids is 1. The van der Waals surface area contributed by atoms with Crippen LogP contribution in [0.5, 0.6) is 0 Å². The molecule has 2 amide bonds. The van der Waals surface area contributed by atoms with E-state index in [0.717, 1.165) is 17.8 Å². The number of likely N-dealkylation sites (tertiary alicyclic amines) is 1. The van der Waals surface area contributed by atoms with Gasteiger partial charge in [-0.25, -0.2) is 13.6 Å². The van der Waals surface area contributed by atoms with Gasteiger partial charge < -0.3 is 10.2 Å². The van der Waals surface area contributed by atoms with Crippen LogP contribution in [-0.4, -0.2) is 29.0 Å². The predicted octanol–water partition coefficient (Wildman–Crippen LogP) is 4.81. The second-order valence-electron chi connectivity index (χ2n) is 6.60. The van der Waals surface area contributed by atoms with Crippen molar-refractivity contribution in [2.24, 2.45) is 5.92 Å². The van der Waals surface area contributed by atoms with Crippen LogP contribution < -0.4 is 5.32 Å². The third-order valence-corrected chi connectivity index (χ3v) is 4.87. The van der Waals surface area contributed by atoms with E-state index in [1.165, 1.54) is 0 Å². The Bertz CT molecular complexity index is 784. The number of rotatable bonds is 3. The number of benzene rings is 1. The van der Waals surface area contributed by atoms with E-state index in [9.17, 15) is 13.6 Å². The van der Waals surface area contributed by atoms with Gasteiger partial charge in [-0.15, -0.1) is 0 Å². The summed E-state index contributed by atoms with van der Waals surface area (Å²) in [6.45, 7) is 2.96. The van der Waals surface area contributed by atoms with Crippen molar-refractivity contribution in [2.45, 2.75) is 26.2 Å². The molecular weight excluding hydrogens is 360 g/mol. The molecule has 2 aromatic rings. The lowest BCUT2D eigenvalue weighted by molar-refractivity contribution is 0.182. The van der Waals surface area contributed by atoms with Gasteiger partial charge in [0, 0.05) is 41.3 Å². The largest absolute Gasteiger partial charge is 0.325 e. The van der Waals surface area contributed by atoms with E-state index in [0.29, 0.717) is 38.0 Å². The molecule has 1 aliphatic rings. The first-order valence-corrected chi connectivity index (χ1v) is 8.92. The minimum absolute atomic E-state index is 0.0570. The molecule has 1 aromatic carbocycles. The highest BCUT2D eigenvalue weighted by Gasteiger charge is 2.25. The van der Waals surface area contributed by atoms with Gasteiger partial charge in [0.05, 0.1) is 0 Å². The van der Waals surface area contributed by atoms with E-state index < -0.39 is 11.6 Å². The van der Waals surface area contributed by atoms with Crippen LogP contribution in [0.15, 0.2) is 30.5 Å². The Labute approximate surface area is 156 Å². The summed E-state index contributed by atoms with van der Waals surface area (Å²) < 4.78 is 27.9. The SMILES string of the molecule is Cc1cc(NC(=O)N2CCC(Cc3c(F)cc(Cl)cc3F)CC2)ccn1. The van der Waals surface area contributed by atoms with Gasteiger partial charge in [-0.05, 0) is 56.4 Å². The van der Waals surface area contributed by atoms with Crippen LogP contribution in [0.3, 0.4) is 0 Å². The Balaban J connectivity index is 1.55. The summed E-state index contributed by atoms with van der Waals surface area (Å²) in [5.74, 6) is -1.08. The normalized spacial score (nSPS) is 15.2. The number of pyridine rings is 1. The molecule has 3 rings (SSSR count). The third-order valence-electron chi connectivity index (χ3n) is 4.65. The van der Waals surface area contributed by atoms with Crippen LogP contribution in [0.25, 0.3) is 0 Å². The molecule has 0 aliphatic carbocycles. The van der Waals surface area contributed by atoms with Crippen molar-refractivity contribution in [2.75, 3.05) is 18.4 Å². The maximum atomic E-state index is 13.9. The molecule has 1 aromatic heterocycles. The van der Waals surface area contributed by atoms with E-state index in [-0.39, 0.29) is 22.5 Å². The molecule has 0 radical (unpaired) electrons. The molecule has 138 valence electrons. The third kappa shape index (κ3) is 4.49. The van der Waals surface area contributed by atoms with E-state index >= 15 is 0 Å². The summed E-state index contributed by atoms with van der Waals surface area (Å²) in [6.07, 6.45) is 3.36. The highest BCUT2D eigenvalue weighted by molar-refractivity contribution is 6.30. The molecule has 26 heavy (non-hydrogen) atoms. The van der Waals surface area contributed by atoms with Gasteiger partial charge in [0.25, 0.3) is 0 Å². The summed E-state index contributed by atoms with van der Waals surface area (Å²) in [4.78, 5) is 18.2. The Morgan fingerprint density at radius 3 is 2.54 bits per heavy atom. The Morgan fingerprint density at radius 1 is 1.27 bits per heavy atom. The summed E-state index contributed by atoms with van der Waals surface area (Å²) in [5.41, 5.74) is 1.60. The number of urea groups is 1. The average Bonchev–Trinajstić information content (AvgIpc) is 2.58. The zero-order valence-electron chi connectivity index (χ0n) is 14.4. The minimum atomic E-state index is -0.608. The number of piperidine rings is 1. The molecule has 0 saturated carbocycles. The fraction of sp³-hybridized carbons (Fsp3) is 0.368. The number of halogens is 3. The number of nitrogens with one attached hydrogen (secondary N) is 1. The molecule has 1 N–H and O–H groups in total. The molecule has 0 unspecified atom stereocenters. The lowest BCUT2D eigenvalue weighted by atomic mass is 9.90. The van der Waals surface area contributed by atoms with Crippen LogP contribution in [0.2, 0.25) is 5.02 Å². The van der Waals surface area contributed by atoms with Gasteiger partial charge in [0.1, 0.15) is 11.6 Å². The van der Waals surface area contributed by atoms with Gasteiger partial charge in [-0.2, -0.15) is 0 Å². The van der Waals surface area contributed by atoms with Gasteiger partial charge >= 0.3 is 6.03 Å². The van der Waals surface area contributed by atoms with Crippen LogP contribution in [0.4, 0.5) is 19.3 Å². The average molecular weight is 380 g/mol. The number of nitrogens with zero attached hydrogens (tertiary/aromatic N) is 2. The van der Waals surface area contributed by atoms with E-state index in [1.54, 1.807) is 23.2 Å². The minimum Gasteiger partial charge on any atom is -0.325 e. The number of hydrogen-bond donors (Lipinski definition) is 1. The van der Waals surface area contributed by atoms with Crippen molar-refractivity contribution in [3.63, 3.8) is 0 Å². The number of hydrogen-bond acceptors (Lipinski definition) is 2. The smallest absolute Gasteiger partial charge is 0.321 e. The highest BCUT2D eigenvalue weighted by Crippen LogP contribution is 2.27. The molecule has 1 saturated heterocycles. The summed E-state index contributed by atoms with van der Waals surface area (Å²) in [5, 5.41) is 2.91. The van der Waals surface area contributed by atoms with Crippen LogP contribution in [0, 0.1) is 24.5 Å². The lowest BCUT2D eigenvalue weighted by Gasteiger charge is -2.32. The van der Waals surface area contributed by atoms with Crippen LogP contribution in [-0.2, 0) is 6.42 Å². The zero-order chi connectivity index (χ0) is 18.7. The molecule has 0 bridgehead atoms. The molecular formula is C19H20ClF2N3O. The molecule has 1 fully saturated rings. The highest BCUT2D eigenvalue weighted by atomic mass is 35.5. The number of anilines is 1. The Hall–Kier alpha value is -2.21. The number of aryl methyl sites for hydroxylation is 1. The zero-order valence-corrected chi connectivity index (χ0v) is 15.2. The van der Waals surface area contributed by atoms with E-state index in [2.05, 4.69) is 10.3 Å². The molecule has 7 heteroatoms. The number of carbonyl (C=O) groups is 1. The van der Waals surface area contributed by atoms with Crippen molar-refractivity contribution in [1.82, 2.24) is 9.88 Å². The van der Waals surface area contributed by atoms with Crippen LogP contribution in [0.1, 0.15) is 24.1 Å². The lowest BCUT2D eigenvalue weighted by Crippen LogP contribution is -2.41. The maximum Gasteiger partial charge on any atom is 0.321 e. The predicted molar refractivity (Wildman–Crippen MR) is 97.4 cm³/mol. The standard InChI is InChI=1S/C19H20ClF2N3O/c1-12-8-15(2-5-23-12)24-19(26)25-6-3-13(4-7-25)9-16-17(21)10-14(20)11-18(16)22/h2,5,8,10-11,13H,3-4,6-7,9H2,1H3,(H,23,24,26). The van der Waals surface area contributed by atoms with Gasteiger partial charge in [0.2, 0.25) is 0 Å². The van der Waals surface area contributed by atoms with Crippen molar-refractivity contribution < 1.29 is 13.6 Å². The van der Waals surface area contributed by atoms with Gasteiger partial charge in [-0.3, -0.25) is 4.98 Å². The van der Waals surface area contributed by atoms with Crippen molar-refractivity contribution in [1.29, 1.82) is 0 Å². The Kier molecular flexibility index (Phi) is 5.71. The van der Waals surface area contributed by atoms with Crippen molar-refractivity contribution >= 4 is 23.3 Å². The fourth-order valence-electron chi connectivity index (χ4n) is 3.22. The van der Waals surface area contributed by atoms with Crippen molar-refractivity contribution in [3.05, 3.63) is 58.4 Å². The molecule has 1 aliphatic heterocycles. The van der Waals surface area contributed by atoms with E-state index in [1.807, 2.05) is 6.92 Å². The quantitative estimate of drug-likeness (QED) is 0.831. The monoisotopic (exact) mass is 379 g/mol. The maximum absolute atomic E-state index is 13.9. The van der Waals surface area contributed by atoms with E-state index in [4.69, 9.17) is 11.6 Å². The molecule has 2 heterocycles.